The van der Waals surface area contributed by atoms with E-state index in [0.29, 0.717) is 16.5 Å². The van der Waals surface area contributed by atoms with Crippen LogP contribution in [-0.2, 0) is 6.54 Å². The average molecular weight is 406 g/mol. The molecule has 0 aliphatic heterocycles. The van der Waals surface area contributed by atoms with Crippen molar-refractivity contribution in [3.63, 3.8) is 0 Å². The molecular formula is C26H22N4O. The zero-order chi connectivity index (χ0) is 21.6. The number of fused-ring (bicyclic) bond motifs is 1. The van der Waals surface area contributed by atoms with Crippen LogP contribution >= 0.6 is 0 Å². The summed E-state index contributed by atoms with van der Waals surface area (Å²) in [5.41, 5.74) is 3.86. The number of nitriles is 1. The first-order valence-corrected chi connectivity index (χ1v) is 10.2. The second-order valence-corrected chi connectivity index (χ2v) is 7.19. The smallest absolute Gasteiger partial charge is 0.259 e. The topological polar surface area (TPSA) is 72.8 Å². The highest BCUT2D eigenvalue weighted by Crippen LogP contribution is 2.21. The molecule has 1 N–H and O–H groups in total. The van der Waals surface area contributed by atoms with Gasteiger partial charge in [0.05, 0.1) is 16.5 Å². The summed E-state index contributed by atoms with van der Waals surface area (Å²) in [5.74, 6) is 0.273. The molecule has 0 atom stereocenters. The maximum atomic E-state index is 12.3. The summed E-state index contributed by atoms with van der Waals surface area (Å²) in [7, 11) is 0. The summed E-state index contributed by atoms with van der Waals surface area (Å²) in [6.45, 7) is 3.85. The molecule has 0 radical (unpaired) electrons. The Kier molecular flexibility index (Phi) is 5.91. The Morgan fingerprint density at radius 3 is 2.45 bits per heavy atom. The molecule has 0 amide bonds. The van der Waals surface area contributed by atoms with Crippen LogP contribution in [0.3, 0.4) is 0 Å². The van der Waals surface area contributed by atoms with Crippen molar-refractivity contribution < 1.29 is 0 Å². The van der Waals surface area contributed by atoms with Gasteiger partial charge >= 0.3 is 0 Å². The Bertz CT molecular complexity index is 1320. The normalized spacial score (nSPS) is 11.3. The number of aromatic nitrogens is 2. The molecule has 31 heavy (non-hydrogen) atoms. The summed E-state index contributed by atoms with van der Waals surface area (Å²) >= 11 is 0. The molecule has 0 spiro atoms. The Morgan fingerprint density at radius 1 is 1.03 bits per heavy atom. The summed E-state index contributed by atoms with van der Waals surface area (Å²) in [4.78, 5) is 21.8. The minimum Gasteiger partial charge on any atom is -0.367 e. The van der Waals surface area contributed by atoms with Gasteiger partial charge in [-0.05, 0) is 48.4 Å². The van der Waals surface area contributed by atoms with Crippen molar-refractivity contribution in [1.29, 1.82) is 5.26 Å². The summed E-state index contributed by atoms with van der Waals surface area (Å²) in [5, 5.41) is 10.2. The average Bonchev–Trinajstić information content (AvgIpc) is 2.82. The van der Waals surface area contributed by atoms with Crippen LogP contribution in [0, 0.1) is 11.3 Å². The lowest BCUT2D eigenvalue weighted by molar-refractivity contribution is 0.832. The molecule has 3 aromatic carbocycles. The van der Waals surface area contributed by atoms with Crippen LogP contribution in [0.15, 0.2) is 83.7 Å². The van der Waals surface area contributed by atoms with E-state index in [9.17, 15) is 10.1 Å². The highest BCUT2D eigenvalue weighted by Gasteiger charge is 2.09. The van der Waals surface area contributed by atoms with Gasteiger partial charge in [0, 0.05) is 18.8 Å². The van der Waals surface area contributed by atoms with Gasteiger partial charge in [0.15, 0.2) is 5.82 Å². The van der Waals surface area contributed by atoms with Gasteiger partial charge in [-0.2, -0.15) is 5.26 Å². The summed E-state index contributed by atoms with van der Waals surface area (Å²) in [6.07, 6.45) is 1.74. The predicted octanol–water partition coefficient (Wildman–Crippen LogP) is 5.01. The van der Waals surface area contributed by atoms with E-state index in [2.05, 4.69) is 40.0 Å². The molecule has 0 unspecified atom stereocenters. The van der Waals surface area contributed by atoms with E-state index in [4.69, 9.17) is 0 Å². The van der Waals surface area contributed by atoms with Crippen LogP contribution in [0.2, 0.25) is 0 Å². The van der Waals surface area contributed by atoms with Gasteiger partial charge in [-0.1, -0.05) is 54.6 Å². The molecule has 5 nitrogen and oxygen atoms in total. The first-order valence-electron chi connectivity index (χ1n) is 10.2. The van der Waals surface area contributed by atoms with Crippen LogP contribution in [0.4, 0.5) is 5.69 Å². The van der Waals surface area contributed by atoms with Gasteiger partial charge in [0.1, 0.15) is 6.07 Å². The van der Waals surface area contributed by atoms with Gasteiger partial charge in [-0.15, -0.1) is 0 Å². The highest BCUT2D eigenvalue weighted by atomic mass is 16.1. The monoisotopic (exact) mass is 406 g/mol. The number of nitrogens with zero attached hydrogens (tertiary/aromatic N) is 3. The molecule has 1 aromatic heterocycles. The molecule has 1 heterocycles. The molecule has 4 rings (SSSR count). The summed E-state index contributed by atoms with van der Waals surface area (Å²) in [6, 6.07) is 27.6. The van der Waals surface area contributed by atoms with Crippen molar-refractivity contribution in [1.82, 2.24) is 9.97 Å². The second kappa shape index (κ2) is 9.10. The number of allylic oxidation sites excluding steroid dienone is 1. The van der Waals surface area contributed by atoms with Crippen molar-refractivity contribution >= 4 is 28.2 Å². The number of benzene rings is 3. The van der Waals surface area contributed by atoms with Gasteiger partial charge in [-0.25, -0.2) is 4.98 Å². The van der Waals surface area contributed by atoms with E-state index in [-0.39, 0.29) is 11.4 Å². The van der Waals surface area contributed by atoms with Gasteiger partial charge in [0.2, 0.25) is 0 Å². The number of nitrogens with one attached hydrogen (secondary N) is 1. The summed E-state index contributed by atoms with van der Waals surface area (Å²) < 4.78 is 0. The Hall–Kier alpha value is -4.17. The number of para-hydroxylation sites is 1. The lowest BCUT2D eigenvalue weighted by Gasteiger charge is -2.23. The lowest BCUT2D eigenvalue weighted by Crippen LogP contribution is -2.21. The van der Waals surface area contributed by atoms with Gasteiger partial charge < -0.3 is 9.88 Å². The maximum Gasteiger partial charge on any atom is 0.259 e. The van der Waals surface area contributed by atoms with Crippen molar-refractivity contribution in [3.05, 3.63) is 106 Å². The fraction of sp³-hybridized carbons (Fsp3) is 0.115. The maximum absolute atomic E-state index is 12.3. The fourth-order valence-electron chi connectivity index (χ4n) is 3.51. The molecule has 0 aliphatic rings. The molecular weight excluding hydrogens is 384 g/mol. The van der Waals surface area contributed by atoms with Gasteiger partial charge in [-0.3, -0.25) is 4.79 Å². The molecule has 0 fully saturated rings. The van der Waals surface area contributed by atoms with E-state index in [0.717, 1.165) is 24.3 Å². The largest absolute Gasteiger partial charge is 0.367 e. The molecule has 0 bridgehead atoms. The second-order valence-electron chi connectivity index (χ2n) is 7.19. The number of hydrogen-bond donors (Lipinski definition) is 1. The van der Waals surface area contributed by atoms with E-state index < -0.39 is 0 Å². The van der Waals surface area contributed by atoms with Crippen molar-refractivity contribution in [3.8, 4) is 6.07 Å². The SMILES string of the molecule is CCN(Cc1ccccc1)c1ccc(/C=C(/C#N)c2nc3ccccc3c(=O)[nH]2)cc1. The molecule has 0 saturated carbocycles. The van der Waals surface area contributed by atoms with Gasteiger partial charge in [0.25, 0.3) is 5.56 Å². The van der Waals surface area contributed by atoms with Crippen LogP contribution in [0.25, 0.3) is 22.6 Å². The predicted molar refractivity (Wildman–Crippen MR) is 125 cm³/mol. The number of aromatic amines is 1. The van der Waals surface area contributed by atoms with Crippen molar-refractivity contribution in [2.24, 2.45) is 0 Å². The number of anilines is 1. The highest BCUT2D eigenvalue weighted by molar-refractivity contribution is 5.89. The van der Waals surface area contributed by atoms with Crippen molar-refractivity contribution in [2.45, 2.75) is 13.5 Å². The van der Waals surface area contributed by atoms with Crippen LogP contribution in [0.5, 0.6) is 0 Å². The molecule has 5 heteroatoms. The zero-order valence-electron chi connectivity index (χ0n) is 17.2. The molecule has 0 aliphatic carbocycles. The van der Waals surface area contributed by atoms with Crippen LogP contribution in [-0.4, -0.2) is 16.5 Å². The van der Waals surface area contributed by atoms with E-state index in [1.165, 1.54) is 5.56 Å². The molecule has 0 saturated heterocycles. The van der Waals surface area contributed by atoms with E-state index >= 15 is 0 Å². The number of hydrogen-bond acceptors (Lipinski definition) is 4. The molecule has 152 valence electrons. The Labute approximate surface area is 180 Å². The fourth-order valence-corrected chi connectivity index (χ4v) is 3.51. The van der Waals surface area contributed by atoms with Crippen molar-refractivity contribution in [2.75, 3.05) is 11.4 Å². The zero-order valence-corrected chi connectivity index (χ0v) is 17.2. The van der Waals surface area contributed by atoms with Crippen LogP contribution in [0.1, 0.15) is 23.9 Å². The first kappa shape index (κ1) is 20.1. The Balaban J connectivity index is 1.61. The standard InChI is InChI=1S/C26H22N4O/c1-2-30(18-20-8-4-3-5-9-20)22-14-12-19(13-15-22)16-21(17-27)25-28-24-11-7-6-10-23(24)26(31)29-25/h3-16H,2,18H2,1H3,(H,28,29,31)/b21-16-. The first-order chi connectivity index (χ1) is 15.2. The van der Waals surface area contributed by atoms with E-state index in [1.807, 2.05) is 48.5 Å². The Morgan fingerprint density at radius 2 is 1.74 bits per heavy atom. The number of H-pyrrole nitrogens is 1. The minimum absolute atomic E-state index is 0.253. The third-order valence-electron chi connectivity index (χ3n) is 5.16. The number of rotatable bonds is 6. The third kappa shape index (κ3) is 4.54. The van der Waals surface area contributed by atoms with Crippen LogP contribution < -0.4 is 10.5 Å². The molecule has 4 aromatic rings. The third-order valence-corrected chi connectivity index (χ3v) is 5.16. The van der Waals surface area contributed by atoms with E-state index in [1.54, 1.807) is 24.3 Å². The minimum atomic E-state index is -0.253. The lowest BCUT2D eigenvalue weighted by atomic mass is 10.1. The quantitative estimate of drug-likeness (QED) is 0.457.